The van der Waals surface area contributed by atoms with Crippen molar-refractivity contribution < 1.29 is 14.3 Å². The average Bonchev–Trinajstić information content (AvgIpc) is 3.40. The number of carbonyl (C=O) groups excluding carboxylic acids is 1. The molecular weight excluding hydrogens is 388 g/mol. The maximum atomic E-state index is 11.9. The van der Waals surface area contributed by atoms with Gasteiger partial charge in [-0.3, -0.25) is 9.89 Å². The van der Waals surface area contributed by atoms with E-state index in [1.807, 2.05) is 35.7 Å². The number of halogens is 1. The molecule has 0 saturated heterocycles. The van der Waals surface area contributed by atoms with Crippen LogP contribution in [-0.4, -0.2) is 36.0 Å². The fraction of sp³-hybridized carbons (Fsp3) is 0.222. The van der Waals surface area contributed by atoms with E-state index in [2.05, 4.69) is 20.8 Å². The summed E-state index contributed by atoms with van der Waals surface area (Å²) >= 11 is 1.44. The second-order valence-electron chi connectivity index (χ2n) is 5.75. The first-order valence-corrected chi connectivity index (χ1v) is 9.14. The second kappa shape index (κ2) is 8.90. The summed E-state index contributed by atoms with van der Waals surface area (Å²) in [6, 6.07) is 9.51. The lowest BCUT2D eigenvalue weighted by molar-refractivity contribution is 0.0958. The molecule has 2 aromatic heterocycles. The molecule has 3 aromatic rings. The third-order valence-corrected chi connectivity index (χ3v) is 4.90. The monoisotopic (exact) mass is 406 g/mol. The van der Waals surface area contributed by atoms with Gasteiger partial charge in [-0.2, -0.15) is 5.10 Å². The molecular formula is C18H19ClN4O3S. The number of nitrogens with zero attached hydrogens (tertiary/aromatic N) is 1. The van der Waals surface area contributed by atoms with Crippen molar-refractivity contribution in [3.8, 4) is 22.8 Å². The maximum absolute atomic E-state index is 11.9. The van der Waals surface area contributed by atoms with E-state index in [1.165, 1.54) is 11.3 Å². The normalized spacial score (nSPS) is 11.9. The van der Waals surface area contributed by atoms with E-state index >= 15 is 0 Å². The molecule has 0 radical (unpaired) electrons. The predicted octanol–water partition coefficient (Wildman–Crippen LogP) is 2.81. The molecule has 27 heavy (non-hydrogen) atoms. The topological polar surface area (TPSA) is 88.3 Å². The van der Waals surface area contributed by atoms with Crippen molar-refractivity contribution in [3.05, 3.63) is 52.3 Å². The number of nitrogens with one attached hydrogen (secondary N) is 3. The van der Waals surface area contributed by atoms with Crippen LogP contribution in [0.3, 0.4) is 0 Å². The Bertz CT molecular complexity index is 898. The van der Waals surface area contributed by atoms with Gasteiger partial charge in [0.25, 0.3) is 5.91 Å². The Labute approximate surface area is 166 Å². The molecule has 3 N–H and O–H groups in total. The van der Waals surface area contributed by atoms with Gasteiger partial charge >= 0.3 is 0 Å². The highest BCUT2D eigenvalue weighted by Crippen LogP contribution is 2.36. The highest BCUT2D eigenvalue weighted by atomic mass is 35.5. The number of fused-ring (bicyclic) bond motifs is 1. The first kappa shape index (κ1) is 19.2. The van der Waals surface area contributed by atoms with Gasteiger partial charge < -0.3 is 20.1 Å². The van der Waals surface area contributed by atoms with E-state index in [-0.39, 0.29) is 25.1 Å². The number of hydrogen-bond acceptors (Lipinski definition) is 6. The van der Waals surface area contributed by atoms with Gasteiger partial charge in [0.05, 0.1) is 16.8 Å². The summed E-state index contributed by atoms with van der Waals surface area (Å²) < 4.78 is 10.8. The Balaban J connectivity index is 0.00000210. The molecule has 0 unspecified atom stereocenters. The lowest BCUT2D eigenvalue weighted by Gasteiger charge is -2.07. The molecule has 4 rings (SSSR count). The fourth-order valence-electron chi connectivity index (χ4n) is 2.73. The summed E-state index contributed by atoms with van der Waals surface area (Å²) in [5.74, 6) is 1.47. The third-order valence-electron chi connectivity index (χ3n) is 4.03. The minimum atomic E-state index is -0.0360. The van der Waals surface area contributed by atoms with E-state index < -0.39 is 0 Å². The van der Waals surface area contributed by atoms with E-state index in [0.29, 0.717) is 19.6 Å². The number of hydrogen-bond donors (Lipinski definition) is 3. The zero-order chi connectivity index (χ0) is 17.8. The third kappa shape index (κ3) is 4.41. The van der Waals surface area contributed by atoms with Crippen molar-refractivity contribution in [2.24, 2.45) is 0 Å². The SMILES string of the molecule is Cl.O=C(NCCNCc1cn[nH]c1-c1ccc2c(c1)OCO2)c1cccs1. The summed E-state index contributed by atoms with van der Waals surface area (Å²) in [5.41, 5.74) is 2.99. The highest BCUT2D eigenvalue weighted by Gasteiger charge is 2.16. The van der Waals surface area contributed by atoms with Crippen LogP contribution in [0.4, 0.5) is 0 Å². The summed E-state index contributed by atoms with van der Waals surface area (Å²) in [6.07, 6.45) is 1.80. The lowest BCUT2D eigenvalue weighted by Crippen LogP contribution is -2.31. The van der Waals surface area contributed by atoms with Gasteiger partial charge in [-0.25, -0.2) is 0 Å². The van der Waals surface area contributed by atoms with E-state index in [9.17, 15) is 4.79 Å². The van der Waals surface area contributed by atoms with Crippen LogP contribution in [0.15, 0.2) is 41.9 Å². The second-order valence-corrected chi connectivity index (χ2v) is 6.70. The zero-order valence-corrected chi connectivity index (χ0v) is 16.0. The van der Waals surface area contributed by atoms with Crippen molar-refractivity contribution >= 4 is 29.7 Å². The van der Waals surface area contributed by atoms with Crippen LogP contribution in [0.2, 0.25) is 0 Å². The molecule has 0 atom stereocenters. The van der Waals surface area contributed by atoms with Gasteiger partial charge in [-0.15, -0.1) is 23.7 Å². The molecule has 0 spiro atoms. The molecule has 0 aliphatic carbocycles. The zero-order valence-electron chi connectivity index (χ0n) is 14.4. The summed E-state index contributed by atoms with van der Waals surface area (Å²) in [5, 5.41) is 15.3. The van der Waals surface area contributed by atoms with Crippen LogP contribution in [-0.2, 0) is 6.54 Å². The van der Waals surface area contributed by atoms with Gasteiger partial charge in [-0.05, 0) is 29.6 Å². The van der Waals surface area contributed by atoms with Crippen molar-refractivity contribution in [2.45, 2.75) is 6.54 Å². The molecule has 1 aliphatic rings. The van der Waals surface area contributed by atoms with E-state index in [0.717, 1.165) is 33.2 Å². The first-order valence-electron chi connectivity index (χ1n) is 8.26. The van der Waals surface area contributed by atoms with Crippen LogP contribution in [0.25, 0.3) is 11.3 Å². The minimum absolute atomic E-state index is 0. The Morgan fingerprint density at radius 1 is 1.22 bits per heavy atom. The molecule has 0 bridgehead atoms. The quantitative estimate of drug-likeness (QED) is 0.525. The molecule has 0 fully saturated rings. The van der Waals surface area contributed by atoms with Crippen LogP contribution in [0.1, 0.15) is 15.2 Å². The standard InChI is InChI=1S/C18H18N4O3S.ClH/c23-18(16-2-1-7-26-16)20-6-5-19-9-13-10-21-22-17(13)12-3-4-14-15(8-12)25-11-24-14;/h1-4,7-8,10,19H,5-6,9,11H2,(H,20,23)(H,21,22);1H. The highest BCUT2D eigenvalue weighted by molar-refractivity contribution is 7.12. The number of amides is 1. The van der Waals surface area contributed by atoms with Crippen molar-refractivity contribution in [3.63, 3.8) is 0 Å². The molecule has 1 aliphatic heterocycles. The summed E-state index contributed by atoms with van der Waals surface area (Å²) in [6.45, 7) is 2.14. The molecule has 1 aromatic carbocycles. The van der Waals surface area contributed by atoms with Crippen LogP contribution >= 0.6 is 23.7 Å². The fourth-order valence-corrected chi connectivity index (χ4v) is 3.37. The number of thiophene rings is 1. The Morgan fingerprint density at radius 3 is 2.96 bits per heavy atom. The number of ether oxygens (including phenoxy) is 2. The first-order chi connectivity index (χ1) is 12.8. The Morgan fingerprint density at radius 2 is 2.11 bits per heavy atom. The molecule has 3 heterocycles. The largest absolute Gasteiger partial charge is 0.454 e. The van der Waals surface area contributed by atoms with Crippen LogP contribution in [0.5, 0.6) is 11.5 Å². The minimum Gasteiger partial charge on any atom is -0.454 e. The number of aromatic nitrogens is 2. The van der Waals surface area contributed by atoms with Gasteiger partial charge in [0, 0.05) is 30.8 Å². The van der Waals surface area contributed by atoms with Gasteiger partial charge in [0.15, 0.2) is 11.5 Å². The molecule has 7 nitrogen and oxygen atoms in total. The molecule has 9 heteroatoms. The number of benzene rings is 1. The van der Waals surface area contributed by atoms with Gasteiger partial charge in [-0.1, -0.05) is 6.07 Å². The number of rotatable bonds is 7. The van der Waals surface area contributed by atoms with Crippen LogP contribution in [0, 0.1) is 0 Å². The maximum Gasteiger partial charge on any atom is 0.261 e. The van der Waals surface area contributed by atoms with Crippen molar-refractivity contribution in [2.75, 3.05) is 19.9 Å². The summed E-state index contributed by atoms with van der Waals surface area (Å²) in [4.78, 5) is 12.6. The number of carbonyl (C=O) groups is 1. The molecule has 142 valence electrons. The van der Waals surface area contributed by atoms with Crippen molar-refractivity contribution in [1.29, 1.82) is 0 Å². The van der Waals surface area contributed by atoms with Crippen molar-refractivity contribution in [1.82, 2.24) is 20.8 Å². The predicted molar refractivity (Wildman–Crippen MR) is 106 cm³/mol. The van der Waals surface area contributed by atoms with Gasteiger partial charge in [0.1, 0.15) is 0 Å². The number of H-pyrrole nitrogens is 1. The Hall–Kier alpha value is -2.55. The molecule has 0 saturated carbocycles. The average molecular weight is 407 g/mol. The van der Waals surface area contributed by atoms with Gasteiger partial charge in [0.2, 0.25) is 6.79 Å². The summed E-state index contributed by atoms with van der Waals surface area (Å²) in [7, 11) is 0. The molecule has 1 amide bonds. The van der Waals surface area contributed by atoms with Crippen LogP contribution < -0.4 is 20.1 Å². The van der Waals surface area contributed by atoms with E-state index in [1.54, 1.807) is 6.20 Å². The van der Waals surface area contributed by atoms with E-state index in [4.69, 9.17) is 9.47 Å². The lowest BCUT2D eigenvalue weighted by atomic mass is 10.1. The Kier molecular flexibility index (Phi) is 6.33. The smallest absolute Gasteiger partial charge is 0.261 e. The number of aromatic amines is 1.